The van der Waals surface area contributed by atoms with E-state index in [0.717, 1.165) is 29.5 Å². The van der Waals surface area contributed by atoms with E-state index in [9.17, 15) is 24.0 Å². The molecule has 218 valence electrons. The molecule has 41 heavy (non-hydrogen) atoms. The van der Waals surface area contributed by atoms with Gasteiger partial charge in [0, 0.05) is 20.0 Å². The molecule has 0 spiro atoms. The smallest absolute Gasteiger partial charge is 0.416 e. The first-order valence-corrected chi connectivity index (χ1v) is 13.5. The molecule has 2 aromatic carbocycles. The molecule has 0 aliphatic carbocycles. The number of aliphatic hydroxyl groups is 1. The van der Waals surface area contributed by atoms with Gasteiger partial charge in [0.15, 0.2) is 17.7 Å². The molecule has 0 aromatic heterocycles. The van der Waals surface area contributed by atoms with Crippen molar-refractivity contribution < 1.29 is 43.3 Å². The fourth-order valence-electron chi connectivity index (χ4n) is 4.52. The van der Waals surface area contributed by atoms with Crippen molar-refractivity contribution in [3.8, 4) is 0 Å². The molecule has 10 heteroatoms. The van der Waals surface area contributed by atoms with Crippen LogP contribution in [0.3, 0.4) is 0 Å². The summed E-state index contributed by atoms with van der Waals surface area (Å²) in [7, 11) is 0. The van der Waals surface area contributed by atoms with Gasteiger partial charge in [-0.25, -0.2) is 9.69 Å². The van der Waals surface area contributed by atoms with Crippen LogP contribution in [0.1, 0.15) is 30.9 Å². The number of allylic oxidation sites excluding steroid dienone is 1. The lowest BCUT2D eigenvalue weighted by Gasteiger charge is -2.29. The molecular weight excluding hydrogens is 530 g/mol. The number of nitrogens with zero attached hydrogens (tertiary/aromatic N) is 1. The van der Waals surface area contributed by atoms with Gasteiger partial charge in [-0.2, -0.15) is 0 Å². The lowest BCUT2D eigenvalue weighted by molar-refractivity contribution is -0.158. The Hall–Kier alpha value is -4.15. The normalized spacial score (nSPS) is 16.3. The van der Waals surface area contributed by atoms with Gasteiger partial charge in [0.05, 0.1) is 25.2 Å². The molecule has 3 atom stereocenters. The van der Waals surface area contributed by atoms with Crippen molar-refractivity contribution in [2.75, 3.05) is 26.4 Å². The highest BCUT2D eigenvalue weighted by atomic mass is 16.6. The molecule has 10 nitrogen and oxygen atoms in total. The number of amides is 2. The number of carbonyl (C=O) groups excluding carboxylic acids is 5. The van der Waals surface area contributed by atoms with E-state index in [0.29, 0.717) is 18.4 Å². The van der Waals surface area contributed by atoms with Crippen molar-refractivity contribution in [2.24, 2.45) is 5.92 Å². The van der Waals surface area contributed by atoms with Crippen molar-refractivity contribution in [1.82, 2.24) is 4.90 Å². The molecule has 1 aliphatic heterocycles. The van der Waals surface area contributed by atoms with Gasteiger partial charge in [-0.15, -0.1) is 0 Å². The van der Waals surface area contributed by atoms with E-state index in [4.69, 9.17) is 19.3 Å². The number of carbonyl (C=O) groups is 5. The van der Waals surface area contributed by atoms with Gasteiger partial charge in [0.2, 0.25) is 5.91 Å². The fraction of sp³-hybridized carbons (Fsp3) is 0.387. The molecule has 1 N–H and O–H groups in total. The summed E-state index contributed by atoms with van der Waals surface area (Å²) in [5.74, 6) is -3.88. The number of rotatable bonds is 16. The second kappa shape index (κ2) is 16.2. The zero-order valence-corrected chi connectivity index (χ0v) is 23.0. The number of esters is 1. The molecule has 2 aromatic rings. The summed E-state index contributed by atoms with van der Waals surface area (Å²) in [6.07, 6.45) is 0.491. The third kappa shape index (κ3) is 9.77. The second-order valence-corrected chi connectivity index (χ2v) is 9.60. The zero-order chi connectivity index (χ0) is 29.6. The number of hydrogen-bond donors (Lipinski definition) is 1. The van der Waals surface area contributed by atoms with Gasteiger partial charge >= 0.3 is 12.1 Å². The summed E-state index contributed by atoms with van der Waals surface area (Å²) >= 11 is 0. The molecule has 1 saturated heterocycles. The van der Waals surface area contributed by atoms with Gasteiger partial charge in [-0.05, 0) is 42.5 Å². The third-order valence-electron chi connectivity index (χ3n) is 6.45. The van der Waals surface area contributed by atoms with Gasteiger partial charge < -0.3 is 19.3 Å². The Labute approximate surface area is 238 Å². The van der Waals surface area contributed by atoms with Crippen LogP contribution in [0.25, 0.3) is 0 Å². The van der Waals surface area contributed by atoms with E-state index in [2.05, 4.69) is 0 Å². The van der Waals surface area contributed by atoms with Crippen LogP contribution >= 0.6 is 0 Å². The van der Waals surface area contributed by atoms with Crippen LogP contribution in [-0.2, 0) is 46.2 Å². The van der Waals surface area contributed by atoms with Crippen molar-refractivity contribution in [3.63, 3.8) is 0 Å². The van der Waals surface area contributed by atoms with Crippen molar-refractivity contribution in [1.29, 1.82) is 0 Å². The summed E-state index contributed by atoms with van der Waals surface area (Å²) in [4.78, 5) is 65.5. The Morgan fingerprint density at radius 3 is 2.29 bits per heavy atom. The Morgan fingerprint density at radius 1 is 1.00 bits per heavy atom. The van der Waals surface area contributed by atoms with E-state index in [1.807, 2.05) is 30.3 Å². The van der Waals surface area contributed by atoms with Crippen LogP contribution in [0.5, 0.6) is 0 Å². The van der Waals surface area contributed by atoms with E-state index >= 15 is 0 Å². The van der Waals surface area contributed by atoms with Gasteiger partial charge in [-0.1, -0.05) is 60.7 Å². The average molecular weight is 566 g/mol. The fourth-order valence-corrected chi connectivity index (χ4v) is 4.52. The number of benzene rings is 2. The highest BCUT2D eigenvalue weighted by Gasteiger charge is 2.45. The first kappa shape index (κ1) is 31.4. The standard InChI is InChI=1S/C31H35NO9/c1-22(34)41-29(28(36)15-14-26(35)13-8-17-39-18-16-33)27(20-24-11-6-3-7-12-24)30(37)32-25(21-40-31(32)38)19-23-9-4-2-5-10-23/h2-7,9-12,14-15,25,27,29,33H,8,13,16-21H2,1H3/t25-,27+,29-/m1/s1. The number of ether oxygens (including phenoxy) is 3. The Balaban J connectivity index is 1.85. The predicted octanol–water partition coefficient (Wildman–Crippen LogP) is 2.85. The lowest BCUT2D eigenvalue weighted by atomic mass is 9.89. The third-order valence-corrected chi connectivity index (χ3v) is 6.45. The van der Waals surface area contributed by atoms with E-state index in [1.54, 1.807) is 30.3 Å². The average Bonchev–Trinajstić information content (AvgIpc) is 3.33. The molecule has 1 fully saturated rings. The summed E-state index contributed by atoms with van der Waals surface area (Å²) in [6.45, 7) is 1.42. The summed E-state index contributed by atoms with van der Waals surface area (Å²) in [5, 5.41) is 8.75. The van der Waals surface area contributed by atoms with Crippen LogP contribution in [0.4, 0.5) is 4.79 Å². The van der Waals surface area contributed by atoms with Crippen LogP contribution in [0.15, 0.2) is 72.8 Å². The number of imide groups is 1. The van der Waals surface area contributed by atoms with Crippen molar-refractivity contribution >= 4 is 29.5 Å². The van der Waals surface area contributed by atoms with E-state index in [1.165, 1.54) is 0 Å². The molecular formula is C31H35NO9. The Kier molecular flexibility index (Phi) is 12.4. The van der Waals surface area contributed by atoms with E-state index < -0.39 is 41.8 Å². The minimum absolute atomic E-state index is 0.00478. The molecule has 1 aliphatic rings. The van der Waals surface area contributed by atoms with Gasteiger partial charge in [0.25, 0.3) is 0 Å². The molecule has 0 bridgehead atoms. The molecule has 0 saturated carbocycles. The number of ketones is 2. The highest BCUT2D eigenvalue weighted by Crippen LogP contribution is 2.26. The number of cyclic esters (lactones) is 1. The van der Waals surface area contributed by atoms with Crippen molar-refractivity contribution in [2.45, 2.75) is 44.8 Å². The molecule has 0 radical (unpaired) electrons. The topological polar surface area (TPSA) is 137 Å². The summed E-state index contributed by atoms with van der Waals surface area (Å²) in [6, 6.07) is 17.5. The van der Waals surface area contributed by atoms with Crippen LogP contribution < -0.4 is 0 Å². The molecule has 1 heterocycles. The highest BCUT2D eigenvalue weighted by molar-refractivity contribution is 6.04. The Bertz CT molecular complexity index is 1210. The minimum atomic E-state index is -1.58. The van der Waals surface area contributed by atoms with Crippen molar-refractivity contribution in [3.05, 3.63) is 83.9 Å². The maximum atomic E-state index is 14.0. The quantitative estimate of drug-likeness (QED) is 0.185. The van der Waals surface area contributed by atoms with Crippen LogP contribution in [0, 0.1) is 5.92 Å². The first-order valence-electron chi connectivity index (χ1n) is 13.5. The monoisotopic (exact) mass is 565 g/mol. The van der Waals surface area contributed by atoms with Gasteiger partial charge in [0.1, 0.15) is 6.61 Å². The maximum Gasteiger partial charge on any atom is 0.416 e. The second-order valence-electron chi connectivity index (χ2n) is 9.60. The molecule has 3 rings (SSSR count). The lowest BCUT2D eigenvalue weighted by Crippen LogP contribution is -2.49. The van der Waals surface area contributed by atoms with Crippen LogP contribution in [0.2, 0.25) is 0 Å². The number of aliphatic hydroxyl groups excluding tert-OH is 1. The number of hydrogen-bond acceptors (Lipinski definition) is 9. The summed E-state index contributed by atoms with van der Waals surface area (Å²) < 4.78 is 15.7. The van der Waals surface area contributed by atoms with E-state index in [-0.39, 0.29) is 45.1 Å². The largest absolute Gasteiger partial charge is 0.453 e. The first-order chi connectivity index (χ1) is 19.8. The minimum Gasteiger partial charge on any atom is -0.453 e. The zero-order valence-electron chi connectivity index (χ0n) is 23.0. The molecule has 0 unspecified atom stereocenters. The van der Waals surface area contributed by atoms with Crippen LogP contribution in [-0.4, -0.2) is 78.1 Å². The maximum absolute atomic E-state index is 14.0. The SMILES string of the molecule is CC(=O)O[C@@H](C(=O)C=CC(=O)CCCOCCO)[C@H](Cc1ccccc1)C(=O)N1C(=O)OC[C@H]1Cc1ccccc1. The predicted molar refractivity (Wildman–Crippen MR) is 148 cm³/mol. The van der Waals surface area contributed by atoms with Gasteiger partial charge in [-0.3, -0.25) is 19.2 Å². The summed E-state index contributed by atoms with van der Waals surface area (Å²) in [5.41, 5.74) is 1.58. The molecule has 2 amide bonds. The Morgan fingerprint density at radius 2 is 1.66 bits per heavy atom.